The van der Waals surface area contributed by atoms with Crippen molar-refractivity contribution in [2.45, 2.75) is 56.1 Å². The molecule has 2 saturated heterocycles. The van der Waals surface area contributed by atoms with E-state index in [1.54, 1.807) is 0 Å². The van der Waals surface area contributed by atoms with Gasteiger partial charge in [-0.1, -0.05) is 24.3 Å². The summed E-state index contributed by atoms with van der Waals surface area (Å²) in [4.78, 5) is 37.2. The monoisotopic (exact) mass is 532 g/mol. The van der Waals surface area contributed by atoms with Crippen LogP contribution >= 0.6 is 0 Å². The van der Waals surface area contributed by atoms with Crippen molar-refractivity contribution >= 4 is 17.9 Å². The fourth-order valence-corrected chi connectivity index (χ4v) is 4.13. The van der Waals surface area contributed by atoms with Crippen molar-refractivity contribution in [3.05, 3.63) is 59.7 Å². The van der Waals surface area contributed by atoms with E-state index < -0.39 is 61.3 Å². The standard InChI is InChI=1S/C26H28O12/c27-12-19-23(33)24(37-21(31)9-14-1-5-16(28)6-2-14)25(26(36-19)35-18-11-20(30)34-13-18)38-22(32)10-15-3-7-17(29)8-4-15/h1-8,18-19,23-29,33H,9-13H2/t18-,19-,23-,24+,25-,26-/m1/s1. The highest BCUT2D eigenvalue weighted by atomic mass is 16.7. The Morgan fingerprint density at radius 1 is 0.868 bits per heavy atom. The number of aromatic hydroxyl groups is 2. The summed E-state index contributed by atoms with van der Waals surface area (Å²) in [6, 6.07) is 11.7. The summed E-state index contributed by atoms with van der Waals surface area (Å²) in [6.45, 7) is -0.744. The molecule has 2 aromatic rings. The van der Waals surface area contributed by atoms with Gasteiger partial charge in [-0.25, -0.2) is 0 Å². The number of carbonyl (C=O) groups excluding carboxylic acids is 3. The number of carbonyl (C=O) groups is 3. The third-order valence-corrected chi connectivity index (χ3v) is 6.05. The topological polar surface area (TPSA) is 178 Å². The Bertz CT molecular complexity index is 1120. The van der Waals surface area contributed by atoms with E-state index in [0.29, 0.717) is 11.1 Å². The van der Waals surface area contributed by atoms with Gasteiger partial charge in [-0.15, -0.1) is 0 Å². The largest absolute Gasteiger partial charge is 0.508 e. The SMILES string of the molecule is O=C1C[C@@H](O[C@@H]2O[C@H](CO)[C@@H](O)[C@H](OC(=O)Cc3ccc(O)cc3)[C@H]2OC(=O)Cc2ccc(O)cc2)CO1. The highest BCUT2D eigenvalue weighted by molar-refractivity contribution is 5.74. The van der Waals surface area contributed by atoms with Crippen molar-refractivity contribution in [3.8, 4) is 11.5 Å². The smallest absolute Gasteiger partial charge is 0.310 e. The zero-order chi connectivity index (χ0) is 27.2. The van der Waals surface area contributed by atoms with Crippen LogP contribution in [0.4, 0.5) is 0 Å². The first kappa shape index (κ1) is 27.3. The van der Waals surface area contributed by atoms with Gasteiger partial charge in [0.05, 0.1) is 25.9 Å². The van der Waals surface area contributed by atoms with E-state index in [-0.39, 0.29) is 37.4 Å². The Kier molecular flexibility index (Phi) is 8.79. The molecular weight excluding hydrogens is 504 g/mol. The summed E-state index contributed by atoms with van der Waals surface area (Å²) in [5.41, 5.74) is 1.04. The molecule has 2 aliphatic rings. The van der Waals surface area contributed by atoms with Gasteiger partial charge in [-0.3, -0.25) is 14.4 Å². The van der Waals surface area contributed by atoms with Crippen molar-refractivity contribution in [2.24, 2.45) is 0 Å². The van der Waals surface area contributed by atoms with Crippen molar-refractivity contribution in [2.75, 3.05) is 13.2 Å². The molecule has 2 aliphatic heterocycles. The van der Waals surface area contributed by atoms with Crippen LogP contribution < -0.4 is 0 Å². The molecule has 2 aromatic carbocycles. The molecule has 2 fully saturated rings. The van der Waals surface area contributed by atoms with Gasteiger partial charge < -0.3 is 44.1 Å². The summed E-state index contributed by atoms with van der Waals surface area (Å²) in [5, 5.41) is 39.5. The summed E-state index contributed by atoms with van der Waals surface area (Å²) in [6.07, 6.45) is -8.49. The summed E-state index contributed by atoms with van der Waals surface area (Å²) < 4.78 is 27.5. The van der Waals surface area contributed by atoms with Gasteiger partial charge in [0.2, 0.25) is 0 Å². The van der Waals surface area contributed by atoms with Gasteiger partial charge in [0.25, 0.3) is 0 Å². The minimum absolute atomic E-state index is 0.0164. The Morgan fingerprint density at radius 2 is 1.39 bits per heavy atom. The van der Waals surface area contributed by atoms with Gasteiger partial charge in [0.1, 0.15) is 36.4 Å². The van der Waals surface area contributed by atoms with Crippen molar-refractivity contribution < 1.29 is 58.5 Å². The van der Waals surface area contributed by atoms with Crippen LogP contribution in [0.3, 0.4) is 0 Å². The maximum Gasteiger partial charge on any atom is 0.310 e. The zero-order valence-electron chi connectivity index (χ0n) is 20.2. The quantitative estimate of drug-likeness (QED) is 0.254. The molecule has 0 aliphatic carbocycles. The number of cyclic esters (lactones) is 1. The lowest BCUT2D eigenvalue weighted by Crippen LogP contribution is -2.62. The number of esters is 3. The number of hydrogen-bond donors (Lipinski definition) is 4. The average Bonchev–Trinajstić information content (AvgIpc) is 3.30. The van der Waals surface area contributed by atoms with Gasteiger partial charge in [-0.05, 0) is 35.4 Å². The van der Waals surface area contributed by atoms with E-state index in [0.717, 1.165) is 0 Å². The van der Waals surface area contributed by atoms with Crippen molar-refractivity contribution in [1.29, 1.82) is 0 Å². The average molecular weight is 532 g/mol. The van der Waals surface area contributed by atoms with Crippen LogP contribution in [-0.4, -0.2) is 88.4 Å². The first-order chi connectivity index (χ1) is 18.2. The molecule has 0 unspecified atom stereocenters. The van der Waals surface area contributed by atoms with Crippen LogP contribution in [0.15, 0.2) is 48.5 Å². The highest BCUT2D eigenvalue weighted by Gasteiger charge is 2.51. The third-order valence-electron chi connectivity index (χ3n) is 6.05. The maximum absolute atomic E-state index is 12.8. The molecule has 0 spiro atoms. The van der Waals surface area contributed by atoms with Crippen LogP contribution in [0, 0.1) is 0 Å². The molecule has 12 nitrogen and oxygen atoms in total. The van der Waals surface area contributed by atoms with E-state index in [9.17, 15) is 34.8 Å². The van der Waals surface area contributed by atoms with Crippen LogP contribution in [0.1, 0.15) is 17.5 Å². The molecule has 2 heterocycles. The van der Waals surface area contributed by atoms with Gasteiger partial charge in [-0.2, -0.15) is 0 Å². The second kappa shape index (κ2) is 12.2. The molecular formula is C26H28O12. The number of aliphatic hydroxyl groups excluding tert-OH is 2. The Labute approximate surface area is 217 Å². The second-order valence-electron chi connectivity index (χ2n) is 8.96. The molecule has 12 heteroatoms. The predicted molar refractivity (Wildman–Crippen MR) is 126 cm³/mol. The molecule has 4 rings (SSSR count). The number of phenolic OH excluding ortho intramolecular Hbond substituents is 2. The molecule has 0 amide bonds. The number of aliphatic hydroxyl groups is 2. The van der Waals surface area contributed by atoms with Gasteiger partial charge in [0, 0.05) is 0 Å². The minimum Gasteiger partial charge on any atom is -0.508 e. The fraction of sp³-hybridized carbons (Fsp3) is 0.423. The molecule has 0 bridgehead atoms. The number of hydrogen-bond acceptors (Lipinski definition) is 12. The minimum atomic E-state index is -1.59. The molecule has 4 N–H and O–H groups in total. The number of ether oxygens (including phenoxy) is 5. The van der Waals surface area contributed by atoms with Crippen LogP contribution in [-0.2, 0) is 50.9 Å². The Hall–Kier alpha value is -3.71. The molecule has 0 radical (unpaired) electrons. The van der Waals surface area contributed by atoms with E-state index in [1.165, 1.54) is 48.5 Å². The predicted octanol–water partition coefficient (Wildman–Crippen LogP) is 0.117. The van der Waals surface area contributed by atoms with Crippen LogP contribution in [0.5, 0.6) is 11.5 Å². The maximum atomic E-state index is 12.8. The van der Waals surface area contributed by atoms with Crippen molar-refractivity contribution in [3.63, 3.8) is 0 Å². The summed E-state index contributed by atoms with van der Waals surface area (Å²) in [5.74, 6) is -2.02. The highest BCUT2D eigenvalue weighted by Crippen LogP contribution is 2.30. The molecule has 0 aromatic heterocycles. The lowest BCUT2D eigenvalue weighted by atomic mass is 9.98. The Balaban J connectivity index is 1.54. The third kappa shape index (κ3) is 6.98. The number of benzene rings is 2. The summed E-state index contributed by atoms with van der Waals surface area (Å²) in [7, 11) is 0. The first-order valence-electron chi connectivity index (χ1n) is 11.9. The van der Waals surface area contributed by atoms with E-state index in [4.69, 9.17) is 23.7 Å². The van der Waals surface area contributed by atoms with E-state index in [2.05, 4.69) is 0 Å². The number of phenols is 2. The second-order valence-corrected chi connectivity index (χ2v) is 8.96. The van der Waals surface area contributed by atoms with E-state index in [1.807, 2.05) is 0 Å². The van der Waals surface area contributed by atoms with Crippen LogP contribution in [0.25, 0.3) is 0 Å². The first-order valence-corrected chi connectivity index (χ1v) is 11.9. The van der Waals surface area contributed by atoms with Crippen molar-refractivity contribution in [1.82, 2.24) is 0 Å². The lowest BCUT2D eigenvalue weighted by Gasteiger charge is -2.43. The molecule has 6 atom stereocenters. The van der Waals surface area contributed by atoms with Crippen LogP contribution in [0.2, 0.25) is 0 Å². The number of rotatable bonds is 9. The molecule has 38 heavy (non-hydrogen) atoms. The lowest BCUT2D eigenvalue weighted by molar-refractivity contribution is -0.315. The molecule has 204 valence electrons. The van der Waals surface area contributed by atoms with Gasteiger partial charge in [0.15, 0.2) is 18.5 Å². The normalized spacial score (nSPS) is 26.9. The fourth-order valence-electron chi connectivity index (χ4n) is 4.13. The molecule has 0 saturated carbocycles. The van der Waals surface area contributed by atoms with Gasteiger partial charge >= 0.3 is 17.9 Å². The van der Waals surface area contributed by atoms with E-state index >= 15 is 0 Å². The Morgan fingerprint density at radius 3 is 1.87 bits per heavy atom. The summed E-state index contributed by atoms with van der Waals surface area (Å²) >= 11 is 0. The zero-order valence-corrected chi connectivity index (χ0v) is 20.2.